The van der Waals surface area contributed by atoms with Gasteiger partial charge in [-0.3, -0.25) is 14.5 Å². The van der Waals surface area contributed by atoms with Gasteiger partial charge in [-0.15, -0.1) is 0 Å². The predicted molar refractivity (Wildman–Crippen MR) is 150 cm³/mol. The summed E-state index contributed by atoms with van der Waals surface area (Å²) in [5.74, 6) is -0.848. The second kappa shape index (κ2) is 21.7. The minimum absolute atomic E-state index is 0.112. The fraction of sp³-hybridized carbons (Fsp3) is 0.667. The lowest BCUT2D eigenvalue weighted by Gasteiger charge is -2.22. The number of aromatic nitrogens is 2. The van der Waals surface area contributed by atoms with E-state index in [1.165, 1.54) is 38.5 Å². The molecule has 0 aliphatic heterocycles. The molecule has 1 aromatic heterocycles. The summed E-state index contributed by atoms with van der Waals surface area (Å²) in [6.07, 6.45) is 26.0. The van der Waals surface area contributed by atoms with Crippen LogP contribution in [0.1, 0.15) is 89.7 Å². The Balaban J connectivity index is 2.02. The molecular formula is C30H50N3O4. The van der Waals surface area contributed by atoms with E-state index in [2.05, 4.69) is 48.1 Å². The first-order valence-corrected chi connectivity index (χ1v) is 14.0. The summed E-state index contributed by atoms with van der Waals surface area (Å²) in [5.41, 5.74) is 0.795. The highest BCUT2D eigenvalue weighted by atomic mass is 16.5. The number of esters is 2. The number of rotatable bonds is 22. The quantitative estimate of drug-likeness (QED) is 0.112. The van der Waals surface area contributed by atoms with Crippen LogP contribution >= 0.6 is 0 Å². The molecule has 1 heterocycles. The summed E-state index contributed by atoms with van der Waals surface area (Å²) >= 11 is 0. The summed E-state index contributed by atoms with van der Waals surface area (Å²) in [6.45, 7) is 6.44. The molecule has 0 saturated heterocycles. The van der Waals surface area contributed by atoms with E-state index >= 15 is 0 Å². The zero-order valence-electron chi connectivity index (χ0n) is 23.5. The van der Waals surface area contributed by atoms with Crippen molar-refractivity contribution >= 4 is 11.9 Å². The van der Waals surface area contributed by atoms with Gasteiger partial charge in [0.1, 0.15) is 6.04 Å². The Bertz CT molecular complexity index is 759. The van der Waals surface area contributed by atoms with Crippen LogP contribution in [0.5, 0.6) is 0 Å². The summed E-state index contributed by atoms with van der Waals surface area (Å²) in [4.78, 5) is 33.3. The van der Waals surface area contributed by atoms with Crippen LogP contribution in [0.4, 0.5) is 0 Å². The van der Waals surface area contributed by atoms with Gasteiger partial charge in [-0.1, -0.05) is 63.3 Å². The van der Waals surface area contributed by atoms with Crippen LogP contribution in [0.25, 0.3) is 0 Å². The molecule has 2 atom stereocenters. The van der Waals surface area contributed by atoms with Crippen LogP contribution in [0, 0.1) is 12.8 Å². The summed E-state index contributed by atoms with van der Waals surface area (Å²) in [5, 5.41) is 0. The maximum Gasteiger partial charge on any atom is 0.323 e. The highest BCUT2D eigenvalue weighted by Crippen LogP contribution is 2.10. The maximum absolute atomic E-state index is 12.5. The van der Waals surface area contributed by atoms with Crippen molar-refractivity contribution in [3.05, 3.63) is 49.4 Å². The summed E-state index contributed by atoms with van der Waals surface area (Å²) in [7, 11) is 3.66. The first-order chi connectivity index (χ1) is 17.9. The Hall–Kier alpha value is -2.41. The largest absolute Gasteiger partial charge is 0.465 e. The van der Waals surface area contributed by atoms with Crippen LogP contribution in [0.2, 0.25) is 0 Å². The molecule has 1 aromatic rings. The van der Waals surface area contributed by atoms with Crippen LogP contribution in [0.3, 0.4) is 0 Å². The van der Waals surface area contributed by atoms with Crippen LogP contribution in [-0.2, 0) is 25.5 Å². The molecule has 0 spiro atoms. The monoisotopic (exact) mass is 516 g/mol. The SMILES string of the molecule is [CH2]C(COC(=O)CCCCCCC/C=C\C/C=C\CCCCC)COC(=O)[C@H](Cc1c[nH]cn1)N(C)C. The van der Waals surface area contributed by atoms with E-state index in [4.69, 9.17) is 9.47 Å². The number of carbonyl (C=O) groups is 2. The third-order valence-electron chi connectivity index (χ3n) is 6.13. The lowest BCUT2D eigenvalue weighted by molar-refractivity contribution is -0.151. The van der Waals surface area contributed by atoms with Crippen molar-refractivity contribution < 1.29 is 19.1 Å². The molecule has 0 fully saturated rings. The van der Waals surface area contributed by atoms with Gasteiger partial charge < -0.3 is 14.5 Å². The molecule has 209 valence electrons. The number of likely N-dealkylation sites (N-methyl/N-ethyl adjacent to an activating group) is 1. The lowest BCUT2D eigenvalue weighted by Crippen LogP contribution is -2.39. The molecule has 1 N–H and O–H groups in total. The van der Waals surface area contributed by atoms with Gasteiger partial charge in [0.05, 0.1) is 25.2 Å². The van der Waals surface area contributed by atoms with Gasteiger partial charge in [0, 0.05) is 25.0 Å². The summed E-state index contributed by atoms with van der Waals surface area (Å²) in [6, 6.07) is -0.434. The number of carbonyl (C=O) groups excluding carboxylic acids is 2. The van der Waals surface area contributed by atoms with Gasteiger partial charge in [-0.2, -0.15) is 0 Å². The van der Waals surface area contributed by atoms with E-state index < -0.39 is 6.04 Å². The van der Waals surface area contributed by atoms with Crippen molar-refractivity contribution in [3.63, 3.8) is 0 Å². The molecule has 1 radical (unpaired) electrons. The van der Waals surface area contributed by atoms with Crippen LogP contribution in [0.15, 0.2) is 36.8 Å². The first kappa shape index (κ1) is 32.6. The highest BCUT2D eigenvalue weighted by Gasteiger charge is 2.24. The van der Waals surface area contributed by atoms with E-state index in [-0.39, 0.29) is 31.1 Å². The van der Waals surface area contributed by atoms with Gasteiger partial charge >= 0.3 is 11.9 Å². The fourth-order valence-electron chi connectivity index (χ4n) is 3.79. The standard InChI is InChI=1S/C30H50N3O4/c1-5-6-7-8-9-10-11-12-13-14-15-16-17-18-19-20-29(34)36-23-26(2)24-37-30(35)28(33(3)4)21-27-22-31-25-32-27/h9-10,12-13,22,25-26,28H,2,5-8,11,14-21,23-24H2,1,3-4H3,(H,31,32)/b10-9-,13-12-/t26?,28-/m0/s1. The highest BCUT2D eigenvalue weighted by molar-refractivity contribution is 5.76. The number of nitrogens with zero attached hydrogens (tertiary/aromatic N) is 2. The number of hydrogen-bond acceptors (Lipinski definition) is 6. The number of imidazole rings is 1. The van der Waals surface area contributed by atoms with Crippen molar-refractivity contribution in [2.75, 3.05) is 27.3 Å². The Morgan fingerprint density at radius 3 is 2.27 bits per heavy atom. The third-order valence-corrected chi connectivity index (χ3v) is 6.13. The zero-order chi connectivity index (χ0) is 27.1. The lowest BCUT2D eigenvalue weighted by atomic mass is 10.1. The molecule has 0 aliphatic carbocycles. The molecule has 0 bridgehead atoms. The average molecular weight is 517 g/mol. The number of nitrogens with one attached hydrogen (secondary N) is 1. The second-order valence-corrected chi connectivity index (χ2v) is 9.90. The van der Waals surface area contributed by atoms with Crippen molar-refractivity contribution in [2.45, 2.75) is 96.4 Å². The summed E-state index contributed by atoms with van der Waals surface area (Å²) < 4.78 is 10.7. The normalized spacial score (nSPS) is 13.4. The molecule has 7 heteroatoms. The Labute approximate surface area is 225 Å². The van der Waals surface area contributed by atoms with Gasteiger partial charge in [0.2, 0.25) is 0 Å². The molecule has 7 nitrogen and oxygen atoms in total. The minimum Gasteiger partial charge on any atom is -0.465 e. The van der Waals surface area contributed by atoms with E-state index in [0.29, 0.717) is 12.8 Å². The first-order valence-electron chi connectivity index (χ1n) is 14.0. The average Bonchev–Trinajstić information content (AvgIpc) is 3.40. The number of hydrogen-bond donors (Lipinski definition) is 1. The van der Waals surface area contributed by atoms with Gasteiger partial charge in [0.25, 0.3) is 0 Å². The minimum atomic E-state index is -0.434. The molecule has 0 aliphatic rings. The Kier molecular flexibility index (Phi) is 19.1. The Morgan fingerprint density at radius 1 is 0.973 bits per heavy atom. The van der Waals surface area contributed by atoms with E-state index in [0.717, 1.165) is 37.8 Å². The molecule has 0 amide bonds. The number of ether oxygens (including phenoxy) is 2. The maximum atomic E-state index is 12.5. The van der Waals surface area contributed by atoms with Crippen molar-refractivity contribution in [1.82, 2.24) is 14.9 Å². The predicted octanol–water partition coefficient (Wildman–Crippen LogP) is 6.23. The van der Waals surface area contributed by atoms with Gasteiger partial charge in [0.15, 0.2) is 0 Å². The van der Waals surface area contributed by atoms with Crippen LogP contribution < -0.4 is 0 Å². The zero-order valence-corrected chi connectivity index (χ0v) is 23.5. The van der Waals surface area contributed by atoms with Gasteiger partial charge in [-0.25, -0.2) is 4.98 Å². The second-order valence-electron chi connectivity index (χ2n) is 9.90. The molecular weight excluding hydrogens is 466 g/mol. The smallest absolute Gasteiger partial charge is 0.323 e. The molecule has 0 aromatic carbocycles. The number of aromatic amines is 1. The van der Waals surface area contributed by atoms with E-state index in [1.54, 1.807) is 17.4 Å². The van der Waals surface area contributed by atoms with E-state index in [1.807, 2.05) is 14.1 Å². The molecule has 37 heavy (non-hydrogen) atoms. The number of H-pyrrole nitrogens is 1. The van der Waals surface area contributed by atoms with Gasteiger partial charge in [-0.05, 0) is 59.5 Å². The van der Waals surface area contributed by atoms with Crippen molar-refractivity contribution in [3.8, 4) is 0 Å². The van der Waals surface area contributed by atoms with Crippen molar-refractivity contribution in [1.29, 1.82) is 0 Å². The number of allylic oxidation sites excluding steroid dienone is 4. The van der Waals surface area contributed by atoms with E-state index in [9.17, 15) is 9.59 Å². The fourth-order valence-corrected chi connectivity index (χ4v) is 3.79. The molecule has 1 unspecified atom stereocenters. The third kappa shape index (κ3) is 17.6. The van der Waals surface area contributed by atoms with Crippen LogP contribution in [-0.4, -0.2) is 60.2 Å². The number of unbranched alkanes of at least 4 members (excludes halogenated alkanes) is 8. The molecule has 1 rings (SSSR count). The Morgan fingerprint density at radius 2 is 1.62 bits per heavy atom. The molecule has 0 saturated carbocycles. The van der Waals surface area contributed by atoms with Crippen molar-refractivity contribution in [2.24, 2.45) is 5.92 Å². The topological polar surface area (TPSA) is 84.5 Å².